The smallest absolute Gasteiger partial charge is 0.248 e. The molecule has 1 aliphatic heterocycles. The first-order valence-electron chi connectivity index (χ1n) is 7.09. The molecule has 5 nitrogen and oxygen atoms in total. The summed E-state index contributed by atoms with van der Waals surface area (Å²) in [6, 6.07) is 6.58. The fraction of sp³-hybridized carbons (Fsp3) is 0.467. The topological polar surface area (TPSA) is 84.2 Å². The van der Waals surface area contributed by atoms with Gasteiger partial charge in [0.2, 0.25) is 11.8 Å². The molecule has 1 aliphatic carbocycles. The second kappa shape index (κ2) is 5.25. The van der Waals surface area contributed by atoms with E-state index in [9.17, 15) is 9.59 Å². The van der Waals surface area contributed by atoms with Crippen molar-refractivity contribution in [2.24, 2.45) is 17.6 Å². The molecule has 0 spiro atoms. The SMILES string of the molecule is NC(=O)c1ccc(NC(=O)C2NCC3CCCC32)cc1. The zero-order valence-corrected chi connectivity index (χ0v) is 11.3. The van der Waals surface area contributed by atoms with Crippen LogP contribution in [-0.2, 0) is 4.79 Å². The Bertz CT molecular complexity index is 526. The van der Waals surface area contributed by atoms with Gasteiger partial charge in [0.1, 0.15) is 0 Å². The quantitative estimate of drug-likeness (QED) is 0.771. The molecule has 1 heterocycles. The summed E-state index contributed by atoms with van der Waals surface area (Å²) in [5.41, 5.74) is 6.33. The van der Waals surface area contributed by atoms with E-state index in [-0.39, 0.29) is 11.9 Å². The average molecular weight is 273 g/mol. The van der Waals surface area contributed by atoms with Gasteiger partial charge in [-0.05, 0) is 55.5 Å². The molecule has 4 N–H and O–H groups in total. The molecule has 3 rings (SSSR count). The van der Waals surface area contributed by atoms with E-state index in [4.69, 9.17) is 5.73 Å². The van der Waals surface area contributed by atoms with Crippen LogP contribution < -0.4 is 16.4 Å². The third kappa shape index (κ3) is 2.41. The standard InChI is InChI=1S/C15H19N3O2/c16-14(19)9-4-6-11(7-5-9)18-15(20)13-12-3-1-2-10(12)8-17-13/h4-7,10,12-13,17H,1-3,8H2,(H2,16,19)(H,18,20). The van der Waals surface area contributed by atoms with E-state index in [2.05, 4.69) is 10.6 Å². The molecule has 5 heteroatoms. The van der Waals surface area contributed by atoms with E-state index in [1.165, 1.54) is 12.8 Å². The van der Waals surface area contributed by atoms with Gasteiger partial charge in [-0.15, -0.1) is 0 Å². The van der Waals surface area contributed by atoms with Gasteiger partial charge in [0.25, 0.3) is 0 Å². The first-order chi connectivity index (χ1) is 9.65. The van der Waals surface area contributed by atoms with Crippen LogP contribution in [0.1, 0.15) is 29.6 Å². The Morgan fingerprint density at radius 2 is 1.95 bits per heavy atom. The van der Waals surface area contributed by atoms with E-state index in [0.717, 1.165) is 13.0 Å². The van der Waals surface area contributed by atoms with Crippen molar-refractivity contribution < 1.29 is 9.59 Å². The number of rotatable bonds is 3. The van der Waals surface area contributed by atoms with Gasteiger partial charge in [0, 0.05) is 11.3 Å². The van der Waals surface area contributed by atoms with Crippen LogP contribution in [0.5, 0.6) is 0 Å². The normalized spacial score (nSPS) is 28.1. The van der Waals surface area contributed by atoms with Gasteiger partial charge < -0.3 is 16.4 Å². The van der Waals surface area contributed by atoms with Gasteiger partial charge in [-0.2, -0.15) is 0 Å². The molecule has 1 saturated heterocycles. The second-order valence-electron chi connectivity index (χ2n) is 5.67. The van der Waals surface area contributed by atoms with Crippen molar-refractivity contribution in [3.8, 4) is 0 Å². The first-order valence-corrected chi connectivity index (χ1v) is 7.09. The van der Waals surface area contributed by atoms with Crippen LogP contribution in [0.15, 0.2) is 24.3 Å². The third-order valence-electron chi connectivity index (χ3n) is 4.47. The zero-order chi connectivity index (χ0) is 14.1. The van der Waals surface area contributed by atoms with Crippen molar-refractivity contribution >= 4 is 17.5 Å². The summed E-state index contributed by atoms with van der Waals surface area (Å²) >= 11 is 0. The van der Waals surface area contributed by atoms with Crippen molar-refractivity contribution in [2.75, 3.05) is 11.9 Å². The molecule has 2 aliphatic rings. The maximum absolute atomic E-state index is 12.3. The van der Waals surface area contributed by atoms with Crippen molar-refractivity contribution in [3.63, 3.8) is 0 Å². The summed E-state index contributed by atoms with van der Waals surface area (Å²) in [6.07, 6.45) is 3.60. The minimum absolute atomic E-state index is 0.0197. The number of carbonyl (C=O) groups excluding carboxylic acids is 2. The highest BCUT2D eigenvalue weighted by Gasteiger charge is 2.42. The Morgan fingerprint density at radius 1 is 1.20 bits per heavy atom. The van der Waals surface area contributed by atoms with Crippen molar-refractivity contribution in [2.45, 2.75) is 25.3 Å². The summed E-state index contributed by atoms with van der Waals surface area (Å²) in [5, 5.41) is 6.23. The molecule has 1 aromatic carbocycles. The average Bonchev–Trinajstić information content (AvgIpc) is 3.01. The fourth-order valence-electron chi connectivity index (χ4n) is 3.41. The van der Waals surface area contributed by atoms with Gasteiger partial charge in [0.05, 0.1) is 6.04 Å². The highest BCUT2D eigenvalue weighted by molar-refractivity contribution is 5.97. The van der Waals surface area contributed by atoms with E-state index in [1.807, 2.05) is 0 Å². The molecule has 3 unspecified atom stereocenters. The van der Waals surface area contributed by atoms with Gasteiger partial charge in [-0.1, -0.05) is 6.42 Å². The molecule has 2 amide bonds. The summed E-state index contributed by atoms with van der Waals surface area (Å²) in [7, 11) is 0. The minimum atomic E-state index is -0.464. The van der Waals surface area contributed by atoms with E-state index in [0.29, 0.717) is 23.1 Å². The maximum atomic E-state index is 12.3. The Hall–Kier alpha value is -1.88. The van der Waals surface area contributed by atoms with Crippen LogP contribution in [0.2, 0.25) is 0 Å². The molecule has 0 aromatic heterocycles. The second-order valence-corrected chi connectivity index (χ2v) is 5.67. The number of nitrogens with two attached hydrogens (primary N) is 1. The number of benzene rings is 1. The zero-order valence-electron chi connectivity index (χ0n) is 11.3. The van der Waals surface area contributed by atoms with Crippen LogP contribution in [-0.4, -0.2) is 24.4 Å². The van der Waals surface area contributed by atoms with Crippen LogP contribution in [0.25, 0.3) is 0 Å². The number of hydrogen-bond acceptors (Lipinski definition) is 3. The van der Waals surface area contributed by atoms with E-state index in [1.54, 1.807) is 24.3 Å². The summed E-state index contributed by atoms with van der Waals surface area (Å²) < 4.78 is 0. The molecule has 1 saturated carbocycles. The molecule has 3 atom stereocenters. The van der Waals surface area contributed by atoms with Gasteiger partial charge in [-0.3, -0.25) is 9.59 Å². The van der Waals surface area contributed by atoms with Gasteiger partial charge in [-0.25, -0.2) is 0 Å². The van der Waals surface area contributed by atoms with Crippen LogP contribution in [0.3, 0.4) is 0 Å². The van der Waals surface area contributed by atoms with Crippen LogP contribution in [0, 0.1) is 11.8 Å². The Balaban J connectivity index is 1.65. The summed E-state index contributed by atoms with van der Waals surface area (Å²) in [5.74, 6) is 0.684. The third-order valence-corrected chi connectivity index (χ3v) is 4.47. The van der Waals surface area contributed by atoms with Crippen molar-refractivity contribution in [1.29, 1.82) is 0 Å². The lowest BCUT2D eigenvalue weighted by Gasteiger charge is -2.17. The monoisotopic (exact) mass is 273 g/mol. The number of primary amides is 1. The van der Waals surface area contributed by atoms with E-state index >= 15 is 0 Å². The Morgan fingerprint density at radius 3 is 2.65 bits per heavy atom. The highest BCUT2D eigenvalue weighted by Crippen LogP contribution is 2.37. The number of nitrogens with one attached hydrogen (secondary N) is 2. The van der Waals surface area contributed by atoms with Gasteiger partial charge in [0.15, 0.2) is 0 Å². The lowest BCUT2D eigenvalue weighted by molar-refractivity contribution is -0.118. The van der Waals surface area contributed by atoms with E-state index < -0.39 is 5.91 Å². The minimum Gasteiger partial charge on any atom is -0.366 e. The van der Waals surface area contributed by atoms with Crippen LogP contribution in [0.4, 0.5) is 5.69 Å². The largest absolute Gasteiger partial charge is 0.366 e. The molecular formula is C15H19N3O2. The van der Waals surface area contributed by atoms with Crippen molar-refractivity contribution in [1.82, 2.24) is 5.32 Å². The van der Waals surface area contributed by atoms with Crippen LogP contribution >= 0.6 is 0 Å². The number of hydrogen-bond donors (Lipinski definition) is 3. The first kappa shape index (κ1) is 13.1. The number of amides is 2. The molecule has 106 valence electrons. The lowest BCUT2D eigenvalue weighted by atomic mass is 9.93. The molecule has 2 fully saturated rings. The molecular weight excluding hydrogens is 254 g/mol. The number of carbonyl (C=O) groups is 2. The molecule has 20 heavy (non-hydrogen) atoms. The summed E-state index contributed by atoms with van der Waals surface area (Å²) in [6.45, 7) is 0.948. The molecule has 0 bridgehead atoms. The molecule has 0 radical (unpaired) electrons. The Labute approximate surface area is 117 Å². The predicted octanol–water partition coefficient (Wildman–Crippen LogP) is 1.11. The number of anilines is 1. The predicted molar refractivity (Wildman–Crippen MR) is 76.2 cm³/mol. The fourth-order valence-corrected chi connectivity index (χ4v) is 3.41. The Kier molecular flexibility index (Phi) is 3.44. The summed E-state index contributed by atoms with van der Waals surface area (Å²) in [4.78, 5) is 23.3. The highest BCUT2D eigenvalue weighted by atomic mass is 16.2. The van der Waals surface area contributed by atoms with Gasteiger partial charge >= 0.3 is 0 Å². The van der Waals surface area contributed by atoms with Crippen molar-refractivity contribution in [3.05, 3.63) is 29.8 Å². The number of fused-ring (bicyclic) bond motifs is 1. The molecule has 1 aromatic rings. The maximum Gasteiger partial charge on any atom is 0.248 e. The lowest BCUT2D eigenvalue weighted by Crippen LogP contribution is -2.39.